The van der Waals surface area contributed by atoms with Gasteiger partial charge in [-0.2, -0.15) is 22.8 Å². The first-order valence-corrected chi connectivity index (χ1v) is 11.9. The van der Waals surface area contributed by atoms with Crippen LogP contribution in [-0.2, 0) is 13.1 Å². The Kier molecular flexibility index (Phi) is 7.77. The minimum atomic E-state index is -4.97. The highest BCUT2D eigenvalue weighted by molar-refractivity contribution is 6.30. The van der Waals surface area contributed by atoms with Crippen molar-refractivity contribution in [3.05, 3.63) is 69.7 Å². The van der Waals surface area contributed by atoms with Gasteiger partial charge in [-0.3, -0.25) is 4.57 Å². The van der Waals surface area contributed by atoms with Crippen molar-refractivity contribution in [2.24, 2.45) is 5.73 Å². The molecule has 3 heterocycles. The molecule has 0 aliphatic carbocycles. The maximum atomic E-state index is 14.5. The number of benzene rings is 1. The largest absolute Gasteiger partial charge is 0.416 e. The van der Waals surface area contributed by atoms with Crippen molar-refractivity contribution in [2.45, 2.75) is 44.8 Å². The van der Waals surface area contributed by atoms with Gasteiger partial charge in [-0.15, -0.1) is 10.2 Å². The van der Waals surface area contributed by atoms with E-state index in [0.29, 0.717) is 9.59 Å². The predicted molar refractivity (Wildman–Crippen MR) is 134 cm³/mol. The molecule has 39 heavy (non-hydrogen) atoms. The minimum Gasteiger partial charge on any atom is -0.382 e. The van der Waals surface area contributed by atoms with E-state index < -0.39 is 42.4 Å². The van der Waals surface area contributed by atoms with Crippen LogP contribution in [0.25, 0.3) is 17.2 Å². The number of aromatic nitrogens is 7. The predicted octanol–water partition coefficient (Wildman–Crippen LogP) is 2.60. The van der Waals surface area contributed by atoms with E-state index in [2.05, 4.69) is 25.5 Å². The molecule has 0 aliphatic heterocycles. The molecule has 0 spiro atoms. The van der Waals surface area contributed by atoms with E-state index in [4.69, 9.17) is 17.3 Å². The smallest absolute Gasteiger partial charge is 0.382 e. The van der Waals surface area contributed by atoms with E-state index in [-0.39, 0.29) is 35.5 Å². The van der Waals surface area contributed by atoms with Crippen LogP contribution in [0.2, 0.25) is 5.02 Å². The Morgan fingerprint density at radius 1 is 1.15 bits per heavy atom. The van der Waals surface area contributed by atoms with Crippen LogP contribution in [0.15, 0.2) is 47.4 Å². The lowest BCUT2D eigenvalue weighted by Crippen LogP contribution is -2.40. The fraction of sp³-hybridized carbons (Fsp3) is 0.348. The van der Waals surface area contributed by atoms with Gasteiger partial charge in [0.2, 0.25) is 5.95 Å². The Labute approximate surface area is 223 Å². The standard InChI is InChI=1S/C23H24ClF4N9O2/c1-22(2,29)12-31-20-32-17(33-37(20)19-15(25)4-3-9-30-19)11-36-21(39)35(10-16(38)23(26,27)28)18(34-36)13-5-7-14(24)8-6-13/h3-9,16,38H,10-12,29H2,1-2H3,(H,31,32,33). The number of hydrogen-bond donors (Lipinski definition) is 3. The van der Waals surface area contributed by atoms with Crippen molar-refractivity contribution in [1.29, 1.82) is 0 Å². The monoisotopic (exact) mass is 569 g/mol. The summed E-state index contributed by atoms with van der Waals surface area (Å²) in [5.41, 5.74) is 4.68. The van der Waals surface area contributed by atoms with E-state index in [1.54, 1.807) is 13.8 Å². The van der Waals surface area contributed by atoms with Gasteiger partial charge in [0.1, 0.15) is 6.54 Å². The second-order valence-electron chi connectivity index (χ2n) is 9.35. The lowest BCUT2D eigenvalue weighted by molar-refractivity contribution is -0.207. The molecule has 4 aromatic rings. The van der Waals surface area contributed by atoms with Crippen molar-refractivity contribution in [3.63, 3.8) is 0 Å². The van der Waals surface area contributed by atoms with Gasteiger partial charge in [-0.05, 0) is 50.2 Å². The number of nitrogens with two attached hydrogens (primary N) is 1. The SMILES string of the molecule is CC(C)(N)CNc1nc(Cn2nc(-c3ccc(Cl)cc3)n(CC(O)C(F)(F)F)c2=O)nn1-c1ncccc1F. The number of aliphatic hydroxyl groups is 1. The van der Waals surface area contributed by atoms with Crippen LogP contribution < -0.4 is 16.7 Å². The van der Waals surface area contributed by atoms with E-state index in [0.717, 1.165) is 9.36 Å². The maximum Gasteiger partial charge on any atom is 0.416 e. The Bertz CT molecular complexity index is 1510. The van der Waals surface area contributed by atoms with Gasteiger partial charge in [0.05, 0.1) is 6.54 Å². The number of anilines is 1. The van der Waals surface area contributed by atoms with Gasteiger partial charge >= 0.3 is 11.9 Å². The molecule has 208 valence electrons. The Hall–Kier alpha value is -3.82. The van der Waals surface area contributed by atoms with E-state index in [9.17, 15) is 27.5 Å². The summed E-state index contributed by atoms with van der Waals surface area (Å²) in [4.78, 5) is 21.5. The number of pyridine rings is 1. The van der Waals surface area contributed by atoms with Crippen LogP contribution in [0.4, 0.5) is 23.5 Å². The highest BCUT2D eigenvalue weighted by atomic mass is 35.5. The average Bonchev–Trinajstić information content (AvgIpc) is 3.39. The van der Waals surface area contributed by atoms with Crippen molar-refractivity contribution >= 4 is 17.5 Å². The van der Waals surface area contributed by atoms with Gasteiger partial charge in [0.25, 0.3) is 0 Å². The van der Waals surface area contributed by atoms with Gasteiger partial charge in [0, 0.05) is 28.9 Å². The van der Waals surface area contributed by atoms with Crippen LogP contribution >= 0.6 is 11.6 Å². The van der Waals surface area contributed by atoms with Crippen LogP contribution in [0.1, 0.15) is 19.7 Å². The first-order chi connectivity index (χ1) is 18.2. The van der Waals surface area contributed by atoms with Crippen LogP contribution in [0, 0.1) is 5.82 Å². The molecular weight excluding hydrogens is 546 g/mol. The highest BCUT2D eigenvalue weighted by Crippen LogP contribution is 2.24. The Morgan fingerprint density at radius 2 is 1.85 bits per heavy atom. The zero-order chi connectivity index (χ0) is 28.5. The number of halogens is 5. The van der Waals surface area contributed by atoms with Crippen LogP contribution in [0.3, 0.4) is 0 Å². The molecule has 1 aromatic carbocycles. The summed E-state index contributed by atoms with van der Waals surface area (Å²) in [6.45, 7) is 2.23. The van der Waals surface area contributed by atoms with Gasteiger partial charge in [-0.25, -0.2) is 18.9 Å². The molecule has 0 aliphatic rings. The molecule has 11 nitrogen and oxygen atoms in total. The first-order valence-electron chi connectivity index (χ1n) is 11.5. The van der Waals surface area contributed by atoms with E-state index in [1.807, 2.05) is 0 Å². The van der Waals surface area contributed by atoms with Gasteiger partial charge in [0.15, 0.2) is 29.4 Å². The average molecular weight is 570 g/mol. The molecule has 0 amide bonds. The topological polar surface area (TPSA) is 142 Å². The molecule has 3 aromatic heterocycles. The molecule has 0 radical (unpaired) electrons. The number of aliphatic hydroxyl groups excluding tert-OH is 1. The fourth-order valence-corrected chi connectivity index (χ4v) is 3.58. The first kappa shape index (κ1) is 28.2. The summed E-state index contributed by atoms with van der Waals surface area (Å²) in [5.74, 6) is -0.973. The molecule has 4 N–H and O–H groups in total. The number of nitrogens with zero attached hydrogens (tertiary/aromatic N) is 7. The third-order valence-corrected chi connectivity index (χ3v) is 5.59. The highest BCUT2D eigenvalue weighted by Gasteiger charge is 2.39. The lowest BCUT2D eigenvalue weighted by atomic mass is 10.1. The van der Waals surface area contributed by atoms with Crippen LogP contribution in [-0.4, -0.2) is 63.6 Å². The Balaban J connectivity index is 1.76. The summed E-state index contributed by atoms with van der Waals surface area (Å²) in [6, 6.07) is 8.47. The normalized spacial score (nSPS) is 13.1. The number of hydrogen-bond acceptors (Lipinski definition) is 8. The Morgan fingerprint density at radius 3 is 2.46 bits per heavy atom. The van der Waals surface area contributed by atoms with Crippen molar-refractivity contribution in [3.8, 4) is 17.2 Å². The molecule has 1 atom stereocenters. The summed E-state index contributed by atoms with van der Waals surface area (Å²) in [6.07, 6.45) is -6.44. The van der Waals surface area contributed by atoms with E-state index >= 15 is 0 Å². The number of alkyl halides is 3. The minimum absolute atomic E-state index is 0.0249. The molecule has 4 rings (SSSR count). The molecule has 0 saturated carbocycles. The summed E-state index contributed by atoms with van der Waals surface area (Å²) < 4.78 is 56.5. The third kappa shape index (κ3) is 6.61. The second-order valence-corrected chi connectivity index (χ2v) is 9.79. The zero-order valence-corrected chi connectivity index (χ0v) is 21.4. The van der Waals surface area contributed by atoms with Crippen molar-refractivity contribution < 1.29 is 22.7 Å². The van der Waals surface area contributed by atoms with Gasteiger partial charge < -0.3 is 16.2 Å². The molecule has 1 unspecified atom stereocenters. The lowest BCUT2D eigenvalue weighted by Gasteiger charge is -2.19. The fourth-order valence-electron chi connectivity index (χ4n) is 3.46. The number of nitrogens with one attached hydrogen (secondary N) is 1. The zero-order valence-electron chi connectivity index (χ0n) is 20.7. The van der Waals surface area contributed by atoms with Crippen LogP contribution in [0.5, 0.6) is 0 Å². The molecular formula is C23H24ClF4N9O2. The van der Waals surface area contributed by atoms with Gasteiger partial charge in [-0.1, -0.05) is 11.6 Å². The van der Waals surface area contributed by atoms with Crippen molar-refractivity contribution in [1.82, 2.24) is 34.1 Å². The third-order valence-electron chi connectivity index (χ3n) is 5.34. The number of rotatable bonds is 9. The van der Waals surface area contributed by atoms with E-state index in [1.165, 1.54) is 42.6 Å². The summed E-state index contributed by atoms with van der Waals surface area (Å²) in [7, 11) is 0. The second kappa shape index (κ2) is 10.7. The molecule has 0 fully saturated rings. The molecule has 0 bridgehead atoms. The summed E-state index contributed by atoms with van der Waals surface area (Å²) >= 11 is 5.91. The molecule has 0 saturated heterocycles. The quantitative estimate of drug-likeness (QED) is 0.261. The molecule has 16 heteroatoms. The maximum absolute atomic E-state index is 14.5. The van der Waals surface area contributed by atoms with Crippen molar-refractivity contribution in [2.75, 3.05) is 11.9 Å². The summed E-state index contributed by atoms with van der Waals surface area (Å²) in [5, 5.41) is 21.4.